The summed E-state index contributed by atoms with van der Waals surface area (Å²) in [5.41, 5.74) is 4.46. The van der Waals surface area contributed by atoms with E-state index in [2.05, 4.69) is 0 Å². The molecule has 0 N–H and O–H groups in total. The zero-order chi connectivity index (χ0) is 24.4. The first kappa shape index (κ1) is 23.3. The van der Waals surface area contributed by atoms with E-state index < -0.39 is 0 Å². The van der Waals surface area contributed by atoms with Crippen molar-refractivity contribution in [2.24, 2.45) is 0 Å². The predicted molar refractivity (Wildman–Crippen MR) is 139 cm³/mol. The van der Waals surface area contributed by atoms with Gasteiger partial charge >= 0.3 is 0 Å². The highest BCUT2D eigenvalue weighted by atomic mass is 35.5. The number of amides is 1. The van der Waals surface area contributed by atoms with E-state index in [-0.39, 0.29) is 11.3 Å². The van der Waals surface area contributed by atoms with Gasteiger partial charge in [0.2, 0.25) is 5.91 Å². The second-order valence-electron chi connectivity index (χ2n) is 8.06. The summed E-state index contributed by atoms with van der Waals surface area (Å²) in [4.78, 5) is 14.9. The summed E-state index contributed by atoms with van der Waals surface area (Å²) in [7, 11) is 3.22. The van der Waals surface area contributed by atoms with E-state index in [1.165, 1.54) is 0 Å². The third-order valence-corrected chi connectivity index (χ3v) is 7.56. The van der Waals surface area contributed by atoms with Crippen molar-refractivity contribution in [1.82, 2.24) is 14.7 Å². The normalized spacial score (nSPS) is 15.5. The van der Waals surface area contributed by atoms with Crippen molar-refractivity contribution >= 4 is 29.3 Å². The number of nitrogens with zero attached hydrogens (tertiary/aromatic N) is 3. The van der Waals surface area contributed by atoms with Crippen LogP contribution in [-0.2, 0) is 11.3 Å². The van der Waals surface area contributed by atoms with Gasteiger partial charge in [0, 0.05) is 28.9 Å². The molecule has 1 aliphatic heterocycles. The fourth-order valence-corrected chi connectivity index (χ4v) is 5.57. The molecule has 178 valence electrons. The first-order valence-electron chi connectivity index (χ1n) is 11.1. The average Bonchev–Trinajstić information content (AvgIpc) is 3.49. The zero-order valence-corrected chi connectivity index (χ0v) is 20.9. The lowest BCUT2D eigenvalue weighted by molar-refractivity contribution is -0.128. The summed E-state index contributed by atoms with van der Waals surface area (Å²) in [5, 5.41) is 5.39. The van der Waals surface area contributed by atoms with Crippen molar-refractivity contribution in [3.05, 3.63) is 95.1 Å². The highest BCUT2D eigenvalue weighted by Gasteiger charge is 2.36. The van der Waals surface area contributed by atoms with Crippen molar-refractivity contribution < 1.29 is 14.3 Å². The van der Waals surface area contributed by atoms with Crippen LogP contribution in [0.4, 0.5) is 0 Å². The third kappa shape index (κ3) is 4.61. The van der Waals surface area contributed by atoms with Gasteiger partial charge in [-0.3, -0.25) is 4.79 Å². The van der Waals surface area contributed by atoms with Crippen LogP contribution < -0.4 is 9.47 Å². The Morgan fingerprint density at radius 1 is 1.00 bits per heavy atom. The minimum atomic E-state index is -0.209. The quantitative estimate of drug-likeness (QED) is 0.309. The number of rotatable bonds is 7. The topological polar surface area (TPSA) is 56.6 Å². The fraction of sp³-hybridized carbons (Fsp3) is 0.185. The van der Waals surface area contributed by atoms with E-state index in [4.69, 9.17) is 26.2 Å². The van der Waals surface area contributed by atoms with Crippen LogP contribution in [0.1, 0.15) is 16.5 Å². The Hall–Kier alpha value is -3.42. The Kier molecular flexibility index (Phi) is 6.70. The Balaban J connectivity index is 1.61. The Morgan fingerprint density at radius 2 is 1.74 bits per heavy atom. The van der Waals surface area contributed by atoms with Gasteiger partial charge in [0.25, 0.3) is 0 Å². The summed E-state index contributed by atoms with van der Waals surface area (Å²) >= 11 is 8.03. The molecule has 0 saturated carbocycles. The van der Waals surface area contributed by atoms with Gasteiger partial charge in [-0.05, 0) is 42.0 Å². The Morgan fingerprint density at radius 3 is 2.49 bits per heavy atom. The maximum Gasteiger partial charge on any atom is 0.234 e. The van der Waals surface area contributed by atoms with E-state index in [1.807, 2.05) is 88.6 Å². The molecule has 5 rings (SSSR count). The monoisotopic (exact) mass is 505 g/mol. The molecule has 1 amide bonds. The van der Waals surface area contributed by atoms with Crippen molar-refractivity contribution in [3.8, 4) is 28.4 Å². The summed E-state index contributed by atoms with van der Waals surface area (Å²) in [6, 6.07) is 23.3. The van der Waals surface area contributed by atoms with Gasteiger partial charge in [-0.25, -0.2) is 4.68 Å². The SMILES string of the molecule is COc1ccc(-c2nn(-c3ccccc3)cc2C2SCC(=O)N2Cc2ccccc2Cl)cc1OC. The summed E-state index contributed by atoms with van der Waals surface area (Å²) in [5.74, 6) is 1.74. The molecule has 4 aromatic rings. The molecule has 6 nitrogen and oxygen atoms in total. The molecule has 0 aliphatic carbocycles. The second kappa shape index (κ2) is 10.1. The number of hydrogen-bond acceptors (Lipinski definition) is 5. The second-order valence-corrected chi connectivity index (χ2v) is 9.54. The van der Waals surface area contributed by atoms with Gasteiger partial charge in [0.15, 0.2) is 11.5 Å². The van der Waals surface area contributed by atoms with Gasteiger partial charge in [-0.1, -0.05) is 48.0 Å². The molecule has 2 heterocycles. The summed E-state index contributed by atoms with van der Waals surface area (Å²) in [6.45, 7) is 0.429. The summed E-state index contributed by atoms with van der Waals surface area (Å²) in [6.07, 6.45) is 2.01. The number of carbonyl (C=O) groups is 1. The van der Waals surface area contributed by atoms with Crippen molar-refractivity contribution in [2.75, 3.05) is 20.0 Å². The third-order valence-electron chi connectivity index (χ3n) is 5.95. The molecule has 1 aromatic heterocycles. The number of hydrogen-bond donors (Lipinski definition) is 0. The Labute approximate surface area is 213 Å². The van der Waals surface area contributed by atoms with Crippen LogP contribution in [-0.4, -0.2) is 40.6 Å². The van der Waals surface area contributed by atoms with Crippen LogP contribution in [0, 0.1) is 0 Å². The van der Waals surface area contributed by atoms with E-state index >= 15 is 0 Å². The van der Waals surface area contributed by atoms with E-state index in [9.17, 15) is 4.79 Å². The van der Waals surface area contributed by atoms with Crippen LogP contribution in [0.15, 0.2) is 79.0 Å². The van der Waals surface area contributed by atoms with Crippen LogP contribution in [0.3, 0.4) is 0 Å². The summed E-state index contributed by atoms with van der Waals surface area (Å²) < 4.78 is 12.8. The molecule has 1 saturated heterocycles. The molecule has 3 aromatic carbocycles. The van der Waals surface area contributed by atoms with Gasteiger partial charge in [0.1, 0.15) is 5.37 Å². The molecule has 0 spiro atoms. The molecule has 35 heavy (non-hydrogen) atoms. The maximum atomic E-state index is 13.0. The minimum absolute atomic E-state index is 0.0747. The van der Waals surface area contributed by atoms with Crippen molar-refractivity contribution in [3.63, 3.8) is 0 Å². The molecule has 1 unspecified atom stereocenters. The number of carbonyl (C=O) groups excluding carboxylic acids is 1. The van der Waals surface area contributed by atoms with E-state index in [1.54, 1.807) is 26.0 Å². The van der Waals surface area contributed by atoms with Crippen LogP contribution in [0.25, 0.3) is 16.9 Å². The molecular weight excluding hydrogens is 482 g/mol. The predicted octanol–water partition coefficient (Wildman–Crippen LogP) is 5.98. The smallest absolute Gasteiger partial charge is 0.234 e. The molecule has 8 heteroatoms. The molecule has 1 aliphatic rings. The van der Waals surface area contributed by atoms with Crippen molar-refractivity contribution in [1.29, 1.82) is 0 Å². The maximum absolute atomic E-state index is 13.0. The molecular formula is C27H24ClN3O3S. The Bertz CT molecular complexity index is 1360. The first-order valence-corrected chi connectivity index (χ1v) is 12.5. The first-order chi connectivity index (χ1) is 17.1. The highest BCUT2D eigenvalue weighted by molar-refractivity contribution is 8.00. The fourth-order valence-electron chi connectivity index (χ4n) is 4.18. The number of thioether (sulfide) groups is 1. The molecule has 1 atom stereocenters. The lowest BCUT2D eigenvalue weighted by Gasteiger charge is -2.24. The van der Waals surface area contributed by atoms with Crippen LogP contribution >= 0.6 is 23.4 Å². The number of para-hydroxylation sites is 1. The number of ether oxygens (including phenoxy) is 2. The van der Waals surface area contributed by atoms with Gasteiger partial charge in [-0.15, -0.1) is 11.8 Å². The van der Waals surface area contributed by atoms with Gasteiger partial charge < -0.3 is 14.4 Å². The lowest BCUT2D eigenvalue weighted by atomic mass is 10.1. The van der Waals surface area contributed by atoms with Gasteiger partial charge in [-0.2, -0.15) is 5.10 Å². The largest absolute Gasteiger partial charge is 0.493 e. The minimum Gasteiger partial charge on any atom is -0.493 e. The molecule has 1 fully saturated rings. The number of benzene rings is 3. The number of aromatic nitrogens is 2. The van der Waals surface area contributed by atoms with Gasteiger partial charge in [0.05, 0.1) is 31.4 Å². The standard InChI is InChI=1S/C27H24ClN3O3S/c1-33-23-13-12-18(14-24(23)34-2)26-21(16-31(29-26)20-9-4-3-5-10-20)27-30(25(32)17-35-27)15-19-8-6-7-11-22(19)28/h3-14,16,27H,15,17H2,1-2H3. The number of halogens is 1. The van der Waals surface area contributed by atoms with E-state index in [0.717, 1.165) is 28.1 Å². The number of methoxy groups -OCH3 is 2. The zero-order valence-electron chi connectivity index (χ0n) is 19.3. The van der Waals surface area contributed by atoms with Crippen LogP contribution in [0.5, 0.6) is 11.5 Å². The molecule has 0 radical (unpaired) electrons. The average molecular weight is 506 g/mol. The van der Waals surface area contributed by atoms with Crippen molar-refractivity contribution in [2.45, 2.75) is 11.9 Å². The molecule has 0 bridgehead atoms. The van der Waals surface area contributed by atoms with E-state index in [0.29, 0.717) is 28.8 Å². The van der Waals surface area contributed by atoms with Crippen LogP contribution in [0.2, 0.25) is 5.02 Å². The lowest BCUT2D eigenvalue weighted by Crippen LogP contribution is -2.27. The highest BCUT2D eigenvalue weighted by Crippen LogP contribution is 2.44.